The van der Waals surface area contributed by atoms with Gasteiger partial charge in [-0.3, -0.25) is 5.32 Å². The van der Waals surface area contributed by atoms with Crippen LogP contribution in [0.3, 0.4) is 0 Å². The van der Waals surface area contributed by atoms with Crippen LogP contribution >= 0.6 is 0 Å². The Balaban J connectivity index is 3.34. The molecule has 1 unspecified atom stereocenters. The van der Waals surface area contributed by atoms with Crippen LogP contribution in [0.5, 0.6) is 11.5 Å². The van der Waals surface area contributed by atoms with Gasteiger partial charge in [0.2, 0.25) is 0 Å². The Labute approximate surface area is 120 Å². The summed E-state index contributed by atoms with van der Waals surface area (Å²) in [6.07, 6.45) is 0.902. The van der Waals surface area contributed by atoms with Gasteiger partial charge in [0.25, 0.3) is 0 Å². The van der Waals surface area contributed by atoms with Crippen LogP contribution in [0.4, 0.5) is 0 Å². The number of methoxy groups -OCH3 is 3. The van der Waals surface area contributed by atoms with E-state index in [1.54, 1.807) is 39.3 Å². The highest BCUT2D eigenvalue weighted by Gasteiger charge is 2.38. The van der Waals surface area contributed by atoms with Crippen LogP contribution in [0.15, 0.2) is 18.2 Å². The third-order valence-corrected chi connectivity index (χ3v) is 3.27. The molecule has 0 amide bonds. The van der Waals surface area contributed by atoms with Gasteiger partial charge in [-0.25, -0.2) is 4.79 Å². The molecule has 1 aromatic rings. The molecule has 0 aliphatic carbocycles. The Kier molecular flexibility index (Phi) is 5.82. The molecule has 1 rings (SSSR count). The van der Waals surface area contributed by atoms with Crippen molar-refractivity contribution in [3.63, 3.8) is 0 Å². The normalized spacial score (nSPS) is 13.4. The average molecular weight is 281 g/mol. The van der Waals surface area contributed by atoms with Crippen molar-refractivity contribution >= 4 is 5.97 Å². The van der Waals surface area contributed by atoms with Crippen LogP contribution in [0.25, 0.3) is 0 Å². The molecule has 5 heteroatoms. The summed E-state index contributed by atoms with van der Waals surface area (Å²) in [4.78, 5) is 12.2. The van der Waals surface area contributed by atoms with E-state index in [9.17, 15) is 4.79 Å². The molecule has 0 aliphatic heterocycles. The Hall–Kier alpha value is -1.75. The monoisotopic (exact) mass is 281 g/mol. The fraction of sp³-hybridized carbons (Fsp3) is 0.533. The van der Waals surface area contributed by atoms with Gasteiger partial charge in [0.05, 0.1) is 21.3 Å². The first-order valence-electron chi connectivity index (χ1n) is 6.59. The van der Waals surface area contributed by atoms with Gasteiger partial charge in [0.15, 0.2) is 0 Å². The number of ether oxygens (including phenoxy) is 3. The SMILES string of the molecule is CCCNC(C)(C(=O)OC)c1cc(OC)ccc1OC. The molecule has 0 fully saturated rings. The summed E-state index contributed by atoms with van der Waals surface area (Å²) in [5, 5.41) is 3.23. The lowest BCUT2D eigenvalue weighted by atomic mass is 9.90. The molecule has 1 atom stereocenters. The lowest BCUT2D eigenvalue weighted by Gasteiger charge is -2.30. The predicted molar refractivity (Wildman–Crippen MR) is 77.2 cm³/mol. The van der Waals surface area contributed by atoms with Gasteiger partial charge in [-0.2, -0.15) is 0 Å². The van der Waals surface area contributed by atoms with Gasteiger partial charge in [-0.05, 0) is 38.1 Å². The standard InChI is InChI=1S/C15H23NO4/c1-6-9-16-15(2,14(17)20-5)12-10-11(18-3)7-8-13(12)19-4/h7-8,10,16H,6,9H2,1-5H3. The minimum absolute atomic E-state index is 0.363. The summed E-state index contributed by atoms with van der Waals surface area (Å²) in [5.74, 6) is 0.911. The maximum Gasteiger partial charge on any atom is 0.330 e. The number of hydrogen-bond donors (Lipinski definition) is 1. The zero-order chi connectivity index (χ0) is 15.2. The van der Waals surface area contributed by atoms with Crippen LogP contribution in [0.1, 0.15) is 25.8 Å². The number of carbonyl (C=O) groups excluding carboxylic acids is 1. The number of hydrogen-bond acceptors (Lipinski definition) is 5. The summed E-state index contributed by atoms with van der Waals surface area (Å²) < 4.78 is 15.5. The Morgan fingerprint density at radius 1 is 1.25 bits per heavy atom. The molecular weight excluding hydrogens is 258 g/mol. The van der Waals surface area contributed by atoms with Crippen molar-refractivity contribution in [2.45, 2.75) is 25.8 Å². The van der Waals surface area contributed by atoms with Gasteiger partial charge in [-0.1, -0.05) is 6.92 Å². The lowest BCUT2D eigenvalue weighted by molar-refractivity contribution is -0.148. The van der Waals surface area contributed by atoms with E-state index < -0.39 is 5.54 Å². The highest BCUT2D eigenvalue weighted by atomic mass is 16.5. The number of benzene rings is 1. The molecule has 0 heterocycles. The molecule has 0 bridgehead atoms. The van der Waals surface area contributed by atoms with E-state index in [-0.39, 0.29) is 5.97 Å². The van der Waals surface area contributed by atoms with E-state index in [1.807, 2.05) is 6.92 Å². The summed E-state index contributed by atoms with van der Waals surface area (Å²) in [5.41, 5.74) is -0.287. The van der Waals surface area contributed by atoms with Crippen LogP contribution in [0, 0.1) is 0 Å². The highest BCUT2D eigenvalue weighted by Crippen LogP contribution is 2.34. The van der Waals surface area contributed by atoms with Crippen LogP contribution in [-0.2, 0) is 15.1 Å². The summed E-state index contributed by atoms with van der Waals surface area (Å²) in [6.45, 7) is 4.51. The maximum atomic E-state index is 12.2. The number of nitrogens with one attached hydrogen (secondary N) is 1. The fourth-order valence-corrected chi connectivity index (χ4v) is 2.06. The van der Waals surface area contributed by atoms with Crippen LogP contribution in [0.2, 0.25) is 0 Å². The van der Waals surface area contributed by atoms with Crippen molar-refractivity contribution in [3.05, 3.63) is 23.8 Å². The first-order chi connectivity index (χ1) is 9.53. The number of carbonyl (C=O) groups is 1. The Bertz CT molecular complexity index is 461. The first kappa shape index (κ1) is 16.3. The quantitative estimate of drug-likeness (QED) is 0.776. The molecule has 20 heavy (non-hydrogen) atoms. The third-order valence-electron chi connectivity index (χ3n) is 3.27. The van der Waals surface area contributed by atoms with Gasteiger partial charge in [0.1, 0.15) is 17.0 Å². The summed E-state index contributed by atoms with van der Waals surface area (Å²) in [6, 6.07) is 5.36. The van der Waals surface area contributed by atoms with E-state index in [2.05, 4.69) is 5.32 Å². The van der Waals surface area contributed by atoms with E-state index in [1.165, 1.54) is 7.11 Å². The van der Waals surface area contributed by atoms with Crippen molar-refractivity contribution in [2.75, 3.05) is 27.9 Å². The van der Waals surface area contributed by atoms with E-state index in [0.29, 0.717) is 23.6 Å². The minimum Gasteiger partial charge on any atom is -0.497 e. The summed E-state index contributed by atoms with van der Waals surface area (Å²) in [7, 11) is 4.53. The molecule has 0 radical (unpaired) electrons. The first-order valence-corrected chi connectivity index (χ1v) is 6.59. The largest absolute Gasteiger partial charge is 0.497 e. The molecule has 1 aromatic carbocycles. The van der Waals surface area contributed by atoms with E-state index in [0.717, 1.165) is 6.42 Å². The van der Waals surface area contributed by atoms with Gasteiger partial charge in [-0.15, -0.1) is 0 Å². The fourth-order valence-electron chi connectivity index (χ4n) is 2.06. The second-order valence-electron chi connectivity index (χ2n) is 4.61. The van der Waals surface area contributed by atoms with Gasteiger partial charge in [0, 0.05) is 5.56 Å². The molecule has 5 nitrogen and oxygen atoms in total. The molecular formula is C15H23NO4. The van der Waals surface area contributed by atoms with Crippen molar-refractivity contribution in [1.29, 1.82) is 0 Å². The molecule has 0 saturated heterocycles. The zero-order valence-corrected chi connectivity index (χ0v) is 12.8. The second kappa shape index (κ2) is 7.14. The molecule has 0 saturated carbocycles. The zero-order valence-electron chi connectivity index (χ0n) is 12.8. The number of esters is 1. The van der Waals surface area contributed by atoms with E-state index in [4.69, 9.17) is 14.2 Å². The topological polar surface area (TPSA) is 56.8 Å². The van der Waals surface area contributed by atoms with Gasteiger partial charge >= 0.3 is 5.97 Å². The lowest BCUT2D eigenvalue weighted by Crippen LogP contribution is -2.47. The van der Waals surface area contributed by atoms with Crippen molar-refractivity contribution < 1.29 is 19.0 Å². The maximum absolute atomic E-state index is 12.2. The smallest absolute Gasteiger partial charge is 0.330 e. The van der Waals surface area contributed by atoms with Crippen LogP contribution < -0.4 is 14.8 Å². The van der Waals surface area contributed by atoms with E-state index >= 15 is 0 Å². The van der Waals surface area contributed by atoms with Gasteiger partial charge < -0.3 is 14.2 Å². The van der Waals surface area contributed by atoms with Crippen molar-refractivity contribution in [2.24, 2.45) is 0 Å². The summed E-state index contributed by atoms with van der Waals surface area (Å²) >= 11 is 0. The average Bonchev–Trinajstić information content (AvgIpc) is 2.50. The molecule has 0 spiro atoms. The predicted octanol–water partition coefficient (Wildman–Crippen LogP) is 2.09. The molecule has 112 valence electrons. The second-order valence-corrected chi connectivity index (χ2v) is 4.61. The minimum atomic E-state index is -0.982. The molecule has 1 N–H and O–H groups in total. The third kappa shape index (κ3) is 3.22. The molecule has 0 aromatic heterocycles. The Morgan fingerprint density at radius 2 is 1.95 bits per heavy atom. The Morgan fingerprint density at radius 3 is 2.45 bits per heavy atom. The molecule has 0 aliphatic rings. The van der Waals surface area contributed by atoms with Crippen molar-refractivity contribution in [3.8, 4) is 11.5 Å². The highest BCUT2D eigenvalue weighted by molar-refractivity contribution is 5.83. The number of rotatable bonds is 7. The van der Waals surface area contributed by atoms with Crippen molar-refractivity contribution in [1.82, 2.24) is 5.32 Å². The van der Waals surface area contributed by atoms with Crippen LogP contribution in [-0.4, -0.2) is 33.8 Å².